The van der Waals surface area contributed by atoms with Crippen LogP contribution in [0.25, 0.3) is 43.8 Å². The van der Waals surface area contributed by atoms with Crippen molar-refractivity contribution in [2.24, 2.45) is 0 Å². The fraction of sp³-hybridized carbons (Fsp3) is 0.118. The maximum absolute atomic E-state index is 5.67. The van der Waals surface area contributed by atoms with Crippen molar-refractivity contribution in [3.05, 3.63) is 132 Å². The number of aryl methyl sites for hydroxylation is 2. The Balaban J connectivity index is 0.000000147. The molecular weight excluding hydrogens is 730 g/mol. The Hall–Kier alpha value is -1.91. The summed E-state index contributed by atoms with van der Waals surface area (Å²) in [7, 11) is 10.6. The van der Waals surface area contributed by atoms with Crippen LogP contribution in [0.2, 0.25) is 11.5 Å². The van der Waals surface area contributed by atoms with Gasteiger partial charge in [0.25, 0.3) is 0 Å². The van der Waals surface area contributed by atoms with E-state index in [0.717, 1.165) is 0 Å². The first-order valence-electron chi connectivity index (χ1n) is 12.7. The van der Waals surface area contributed by atoms with Crippen LogP contribution in [0.15, 0.2) is 121 Å². The number of hydrogen-bond donors (Lipinski definition) is 0. The van der Waals surface area contributed by atoms with E-state index in [1.54, 1.807) is 0 Å². The van der Waals surface area contributed by atoms with Crippen LogP contribution < -0.4 is 0 Å². The summed E-state index contributed by atoms with van der Waals surface area (Å²) in [5, 5.41) is 5.27. The molecule has 0 unspecified atom stereocenters. The molecule has 0 amide bonds. The molecule has 6 aromatic rings. The van der Waals surface area contributed by atoms with Crippen LogP contribution in [-0.2, 0) is 16.0 Å². The minimum atomic E-state index is -1.72. The summed E-state index contributed by atoms with van der Waals surface area (Å²) in [6.45, 7) is 4.27. The van der Waals surface area contributed by atoms with E-state index in [9.17, 15) is 0 Å². The van der Waals surface area contributed by atoms with E-state index in [2.05, 4.69) is 147 Å². The molecule has 0 aromatic heterocycles. The van der Waals surface area contributed by atoms with Gasteiger partial charge in [-0.05, 0) is 21.5 Å². The number of rotatable bonds is 2. The fourth-order valence-corrected chi connectivity index (χ4v) is 4.41. The summed E-state index contributed by atoms with van der Waals surface area (Å²) in [5.74, 6) is 4.48. The fourth-order valence-electron chi connectivity index (χ4n) is 4.41. The van der Waals surface area contributed by atoms with Crippen LogP contribution in [0, 0.1) is 13.8 Å². The Bertz CT molecular complexity index is 1550. The van der Waals surface area contributed by atoms with E-state index in [-0.39, 0.29) is 0 Å². The normalized spacial score (nSPS) is 10.4. The van der Waals surface area contributed by atoms with Crippen molar-refractivity contribution in [2.45, 2.75) is 25.4 Å². The molecule has 0 fully saturated rings. The monoisotopic (exact) mass is 764 g/mol. The molecule has 0 saturated carbocycles. The van der Waals surface area contributed by atoms with E-state index in [0.29, 0.717) is 0 Å². The molecule has 6 rings (SSSR count). The first-order valence-corrected chi connectivity index (χ1v) is 36.2. The Morgan fingerprint density at radius 2 is 0.947 bits per heavy atom. The van der Waals surface area contributed by atoms with Gasteiger partial charge in [0.1, 0.15) is 0 Å². The molecule has 0 N–H and O–H groups in total. The number of fused-ring (bicyclic) bond motifs is 2. The second-order valence-electron chi connectivity index (χ2n) is 9.67. The van der Waals surface area contributed by atoms with Gasteiger partial charge in [0.05, 0.1) is 0 Å². The van der Waals surface area contributed by atoms with E-state index >= 15 is 0 Å². The molecule has 0 aliphatic heterocycles. The van der Waals surface area contributed by atoms with Gasteiger partial charge in [0.2, 0.25) is 0 Å². The summed E-state index contributed by atoms with van der Waals surface area (Å²) in [5.41, 5.74) is 7.92. The second kappa shape index (κ2) is 13.9. The SMILES string of the molecule is Cc1cc(-c2cccc3ccccc23)c[cH-]1.Cc1cc(-c2cccc3ccccc23)c[cH-]1.[CH3][Ge]([CH3])=[Hf]([Cl])[Cl]. The Labute approximate surface area is 242 Å². The molecule has 0 heterocycles. The summed E-state index contributed by atoms with van der Waals surface area (Å²) in [6, 6.07) is 43.2. The van der Waals surface area contributed by atoms with Gasteiger partial charge in [-0.3, -0.25) is 0 Å². The third kappa shape index (κ3) is 7.60. The molecule has 0 spiro atoms. The standard InChI is InChI=1S/2C16H13.C2H6Ge.2ClH.Hf/c2*1-12-9-10-14(11-12)16-8-4-6-13-5-2-3-7-15(13)16;1-3-2;;;/h2*2-11H,1H3;1-2H3;2*1H;/q2*-1;;;;+2/p-2. The quantitative estimate of drug-likeness (QED) is 0.122. The van der Waals surface area contributed by atoms with Crippen LogP contribution in [0.5, 0.6) is 0 Å². The molecular formula is C34H32Cl2GeHf-2. The van der Waals surface area contributed by atoms with Crippen molar-refractivity contribution in [1.29, 1.82) is 0 Å². The summed E-state index contributed by atoms with van der Waals surface area (Å²) < 4.78 is 0. The van der Waals surface area contributed by atoms with Crippen molar-refractivity contribution >= 4 is 48.8 Å². The van der Waals surface area contributed by atoms with Crippen LogP contribution in [-0.4, -0.2) is 10.1 Å². The van der Waals surface area contributed by atoms with Crippen molar-refractivity contribution in [2.75, 3.05) is 0 Å². The van der Waals surface area contributed by atoms with E-state index < -0.39 is 26.0 Å². The van der Waals surface area contributed by atoms with Crippen LogP contribution in [0.3, 0.4) is 0 Å². The Morgan fingerprint density at radius 3 is 1.29 bits per heavy atom. The molecule has 0 atom stereocenters. The van der Waals surface area contributed by atoms with Crippen LogP contribution >= 0.6 is 17.2 Å². The molecule has 192 valence electrons. The maximum atomic E-state index is 5.67. The van der Waals surface area contributed by atoms with Gasteiger partial charge in [-0.1, -0.05) is 110 Å². The molecule has 0 radical (unpaired) electrons. The zero-order chi connectivity index (χ0) is 27.1. The molecule has 38 heavy (non-hydrogen) atoms. The minimum absolute atomic E-state index is 0.719. The zero-order valence-corrected chi connectivity index (χ0v) is 29.5. The average molecular weight is 763 g/mol. The molecule has 0 bridgehead atoms. The number of hydrogen-bond acceptors (Lipinski definition) is 0. The summed E-state index contributed by atoms with van der Waals surface area (Å²) in [6.07, 6.45) is 0. The van der Waals surface area contributed by atoms with Gasteiger partial charge in [0, 0.05) is 0 Å². The molecule has 4 heteroatoms. The second-order valence-corrected chi connectivity index (χ2v) is 61.6. The third-order valence-corrected chi connectivity index (χ3v) is 54.2. The predicted octanol–water partition coefficient (Wildman–Crippen LogP) is 11.2. The van der Waals surface area contributed by atoms with Crippen molar-refractivity contribution < 1.29 is 16.0 Å². The Kier molecular flexibility index (Phi) is 10.7. The average Bonchev–Trinajstić information content (AvgIpc) is 3.56. The van der Waals surface area contributed by atoms with Gasteiger partial charge in [-0.15, -0.1) is 0 Å². The van der Waals surface area contributed by atoms with E-state index in [1.165, 1.54) is 54.9 Å². The van der Waals surface area contributed by atoms with Crippen LogP contribution in [0.4, 0.5) is 0 Å². The van der Waals surface area contributed by atoms with Gasteiger partial charge < -0.3 is 0 Å². The molecule has 0 aliphatic rings. The van der Waals surface area contributed by atoms with Gasteiger partial charge in [-0.2, -0.15) is 46.5 Å². The first kappa shape index (κ1) is 29.1. The first-order chi connectivity index (χ1) is 18.3. The Morgan fingerprint density at radius 1 is 0.579 bits per heavy atom. The number of benzene rings is 4. The summed E-state index contributed by atoms with van der Waals surface area (Å²) >= 11 is -1.72. The predicted molar refractivity (Wildman–Crippen MR) is 169 cm³/mol. The van der Waals surface area contributed by atoms with Crippen LogP contribution in [0.1, 0.15) is 11.1 Å². The zero-order valence-electron chi connectivity index (χ0n) is 22.3. The van der Waals surface area contributed by atoms with Gasteiger partial charge >= 0.3 is 54.7 Å². The topological polar surface area (TPSA) is 0 Å². The van der Waals surface area contributed by atoms with E-state index in [4.69, 9.17) is 17.2 Å². The third-order valence-electron chi connectivity index (χ3n) is 6.40. The van der Waals surface area contributed by atoms with Gasteiger partial charge in [-0.25, -0.2) is 12.1 Å². The van der Waals surface area contributed by atoms with Gasteiger partial charge in [0.15, 0.2) is 0 Å². The van der Waals surface area contributed by atoms with Crippen molar-refractivity contribution in [1.82, 2.24) is 0 Å². The number of halogens is 2. The van der Waals surface area contributed by atoms with E-state index in [1.807, 2.05) is 0 Å². The van der Waals surface area contributed by atoms with Crippen molar-refractivity contribution in [3.8, 4) is 22.3 Å². The van der Waals surface area contributed by atoms with Crippen molar-refractivity contribution in [3.63, 3.8) is 0 Å². The molecule has 6 aromatic carbocycles. The molecule has 0 saturated heterocycles. The molecule has 0 aliphatic carbocycles. The summed E-state index contributed by atoms with van der Waals surface area (Å²) in [4.78, 5) is 0. The molecule has 0 nitrogen and oxygen atoms in total.